The van der Waals surface area contributed by atoms with E-state index < -0.39 is 6.04 Å². The number of carbonyl (C=O) groups is 2. The fraction of sp³-hybridized carbons (Fsp3) is 0.364. The average Bonchev–Trinajstić information content (AvgIpc) is 2.73. The molecule has 30 heavy (non-hydrogen) atoms. The topological polar surface area (TPSA) is 58.6 Å². The SMILES string of the molecule is CCNC(=O)[C@@H](C)N(Cc1cccc(OC)c1)C(=O)CSCc1ccc(Cl)cc1Cl. The molecule has 0 saturated carbocycles. The van der Waals surface area contributed by atoms with E-state index in [1.54, 1.807) is 31.1 Å². The van der Waals surface area contributed by atoms with Crippen LogP contribution in [0.3, 0.4) is 0 Å². The zero-order valence-electron chi connectivity index (χ0n) is 17.3. The third-order valence-electron chi connectivity index (χ3n) is 4.50. The maximum Gasteiger partial charge on any atom is 0.242 e. The Labute approximate surface area is 192 Å². The van der Waals surface area contributed by atoms with Crippen LogP contribution >= 0.6 is 35.0 Å². The van der Waals surface area contributed by atoms with Crippen LogP contribution in [0, 0.1) is 0 Å². The van der Waals surface area contributed by atoms with Crippen LogP contribution in [0.4, 0.5) is 0 Å². The first-order valence-electron chi connectivity index (χ1n) is 9.57. The molecule has 0 saturated heterocycles. The van der Waals surface area contributed by atoms with Gasteiger partial charge >= 0.3 is 0 Å². The Morgan fingerprint density at radius 3 is 2.63 bits per heavy atom. The van der Waals surface area contributed by atoms with Crippen molar-refractivity contribution in [3.63, 3.8) is 0 Å². The zero-order valence-corrected chi connectivity index (χ0v) is 19.6. The van der Waals surface area contributed by atoms with Gasteiger partial charge in [-0.25, -0.2) is 0 Å². The van der Waals surface area contributed by atoms with Gasteiger partial charge in [0.2, 0.25) is 11.8 Å². The van der Waals surface area contributed by atoms with Gasteiger partial charge in [-0.05, 0) is 49.2 Å². The van der Waals surface area contributed by atoms with Gasteiger partial charge in [0.15, 0.2) is 0 Å². The van der Waals surface area contributed by atoms with E-state index in [4.69, 9.17) is 27.9 Å². The highest BCUT2D eigenvalue weighted by Crippen LogP contribution is 2.25. The molecule has 0 unspecified atom stereocenters. The summed E-state index contributed by atoms with van der Waals surface area (Å²) in [6, 6.07) is 12.2. The summed E-state index contributed by atoms with van der Waals surface area (Å²) in [6.45, 7) is 4.42. The lowest BCUT2D eigenvalue weighted by molar-refractivity contribution is -0.138. The maximum atomic E-state index is 13.0. The standard InChI is InChI=1S/C22H26Cl2N2O3S/c1-4-25-22(28)15(2)26(12-16-6-5-7-19(10-16)29-3)21(27)14-30-13-17-8-9-18(23)11-20(17)24/h5-11,15H,4,12-14H2,1-3H3,(H,25,28)/t15-/m1/s1. The summed E-state index contributed by atoms with van der Waals surface area (Å²) in [6.07, 6.45) is 0. The quantitative estimate of drug-likeness (QED) is 0.544. The van der Waals surface area contributed by atoms with E-state index in [1.165, 1.54) is 11.8 Å². The molecule has 2 aromatic rings. The molecule has 162 valence electrons. The molecule has 0 aliphatic heterocycles. The van der Waals surface area contributed by atoms with Crippen molar-refractivity contribution in [3.05, 3.63) is 63.6 Å². The largest absolute Gasteiger partial charge is 0.497 e. The van der Waals surface area contributed by atoms with Gasteiger partial charge in [-0.2, -0.15) is 0 Å². The van der Waals surface area contributed by atoms with Crippen LogP contribution in [0.1, 0.15) is 25.0 Å². The van der Waals surface area contributed by atoms with E-state index >= 15 is 0 Å². The summed E-state index contributed by atoms with van der Waals surface area (Å²) in [5.74, 6) is 1.21. The lowest BCUT2D eigenvalue weighted by atomic mass is 10.1. The fourth-order valence-corrected chi connectivity index (χ4v) is 4.31. The first-order valence-corrected chi connectivity index (χ1v) is 11.5. The van der Waals surface area contributed by atoms with Crippen LogP contribution in [-0.4, -0.2) is 42.2 Å². The number of nitrogens with one attached hydrogen (secondary N) is 1. The lowest BCUT2D eigenvalue weighted by Crippen LogP contribution is -2.48. The monoisotopic (exact) mass is 468 g/mol. The Balaban J connectivity index is 2.09. The van der Waals surface area contributed by atoms with Gasteiger partial charge in [0.25, 0.3) is 0 Å². The first-order chi connectivity index (χ1) is 14.3. The minimum absolute atomic E-state index is 0.119. The number of nitrogens with zero attached hydrogens (tertiary/aromatic N) is 1. The van der Waals surface area contributed by atoms with Crippen molar-refractivity contribution >= 4 is 46.8 Å². The van der Waals surface area contributed by atoms with Gasteiger partial charge in [0.1, 0.15) is 11.8 Å². The number of carbonyl (C=O) groups excluding carboxylic acids is 2. The number of amides is 2. The molecule has 2 rings (SSSR count). The molecule has 0 fully saturated rings. The number of hydrogen-bond acceptors (Lipinski definition) is 4. The predicted molar refractivity (Wildman–Crippen MR) is 124 cm³/mol. The Morgan fingerprint density at radius 1 is 1.20 bits per heavy atom. The minimum atomic E-state index is -0.594. The molecule has 2 amide bonds. The molecule has 1 N–H and O–H groups in total. The van der Waals surface area contributed by atoms with Gasteiger partial charge in [0, 0.05) is 28.9 Å². The van der Waals surface area contributed by atoms with Crippen molar-refractivity contribution in [1.82, 2.24) is 10.2 Å². The number of rotatable bonds is 10. The molecular weight excluding hydrogens is 443 g/mol. The van der Waals surface area contributed by atoms with Crippen molar-refractivity contribution in [1.29, 1.82) is 0 Å². The van der Waals surface area contributed by atoms with Gasteiger partial charge < -0.3 is 15.0 Å². The van der Waals surface area contributed by atoms with Gasteiger partial charge in [-0.1, -0.05) is 41.4 Å². The van der Waals surface area contributed by atoms with E-state index in [0.29, 0.717) is 34.6 Å². The van der Waals surface area contributed by atoms with E-state index in [0.717, 1.165) is 11.1 Å². The summed E-state index contributed by atoms with van der Waals surface area (Å²) in [4.78, 5) is 27.0. The van der Waals surface area contributed by atoms with Crippen molar-refractivity contribution < 1.29 is 14.3 Å². The third kappa shape index (κ3) is 7.11. The molecule has 2 aromatic carbocycles. The molecule has 0 spiro atoms. The number of thioether (sulfide) groups is 1. The van der Waals surface area contributed by atoms with Crippen molar-refractivity contribution in [3.8, 4) is 5.75 Å². The number of ether oxygens (including phenoxy) is 1. The highest BCUT2D eigenvalue weighted by Gasteiger charge is 2.25. The average molecular weight is 469 g/mol. The Bertz CT molecular complexity index is 879. The van der Waals surface area contributed by atoms with Crippen LogP contribution in [0.2, 0.25) is 10.0 Å². The van der Waals surface area contributed by atoms with Gasteiger partial charge in [-0.15, -0.1) is 11.8 Å². The number of halogens is 2. The highest BCUT2D eigenvalue weighted by atomic mass is 35.5. The maximum absolute atomic E-state index is 13.0. The summed E-state index contributed by atoms with van der Waals surface area (Å²) in [5, 5.41) is 3.94. The smallest absolute Gasteiger partial charge is 0.242 e. The minimum Gasteiger partial charge on any atom is -0.497 e. The van der Waals surface area contributed by atoms with Crippen LogP contribution in [0.15, 0.2) is 42.5 Å². The second kappa shape index (κ2) is 12.1. The molecule has 0 aliphatic carbocycles. The summed E-state index contributed by atoms with van der Waals surface area (Å²) >= 11 is 13.6. The third-order valence-corrected chi connectivity index (χ3v) is 6.06. The molecule has 8 heteroatoms. The highest BCUT2D eigenvalue weighted by molar-refractivity contribution is 7.99. The van der Waals surface area contributed by atoms with Crippen LogP contribution in [0.25, 0.3) is 0 Å². The van der Waals surface area contributed by atoms with Crippen molar-refractivity contribution in [2.75, 3.05) is 19.4 Å². The molecule has 0 aliphatic rings. The van der Waals surface area contributed by atoms with Gasteiger partial charge in [0.05, 0.1) is 12.9 Å². The van der Waals surface area contributed by atoms with E-state index in [2.05, 4.69) is 5.32 Å². The molecule has 0 bridgehead atoms. The number of benzene rings is 2. The van der Waals surface area contributed by atoms with Crippen LogP contribution in [-0.2, 0) is 21.9 Å². The van der Waals surface area contributed by atoms with E-state index in [1.807, 2.05) is 37.3 Å². The summed E-state index contributed by atoms with van der Waals surface area (Å²) in [5.41, 5.74) is 1.81. The number of likely N-dealkylation sites (N-methyl/N-ethyl adjacent to an activating group) is 1. The molecule has 0 heterocycles. The predicted octanol–water partition coefficient (Wildman–Crippen LogP) is 4.79. The molecule has 0 aromatic heterocycles. The molecular formula is C22H26Cl2N2O3S. The first kappa shape index (κ1) is 24.4. The van der Waals surface area contributed by atoms with Gasteiger partial charge in [-0.3, -0.25) is 9.59 Å². The summed E-state index contributed by atoms with van der Waals surface area (Å²) < 4.78 is 5.27. The molecule has 1 atom stereocenters. The lowest BCUT2D eigenvalue weighted by Gasteiger charge is -2.28. The Kier molecular flexibility index (Phi) is 9.82. The molecule has 5 nitrogen and oxygen atoms in total. The van der Waals surface area contributed by atoms with E-state index in [-0.39, 0.29) is 17.6 Å². The number of methoxy groups -OCH3 is 1. The van der Waals surface area contributed by atoms with Crippen LogP contribution in [0.5, 0.6) is 5.75 Å². The normalized spacial score (nSPS) is 11.6. The Morgan fingerprint density at radius 2 is 1.97 bits per heavy atom. The van der Waals surface area contributed by atoms with Crippen molar-refractivity contribution in [2.24, 2.45) is 0 Å². The second-order valence-corrected chi connectivity index (χ2v) is 8.50. The van der Waals surface area contributed by atoms with E-state index in [9.17, 15) is 9.59 Å². The summed E-state index contributed by atoms with van der Waals surface area (Å²) in [7, 11) is 1.60. The Hall–Kier alpha value is -1.89. The fourth-order valence-electron chi connectivity index (χ4n) is 2.84. The second-order valence-electron chi connectivity index (χ2n) is 6.67. The molecule has 0 radical (unpaired) electrons. The van der Waals surface area contributed by atoms with Crippen molar-refractivity contribution in [2.45, 2.75) is 32.2 Å². The van der Waals surface area contributed by atoms with Crippen LogP contribution < -0.4 is 10.1 Å². The number of hydrogen-bond donors (Lipinski definition) is 1. The zero-order chi connectivity index (χ0) is 22.1.